The van der Waals surface area contributed by atoms with Gasteiger partial charge in [0.15, 0.2) is 16.6 Å². The number of nitrogens with zero attached hydrogens (tertiary/aromatic N) is 5. The van der Waals surface area contributed by atoms with E-state index < -0.39 is 0 Å². The standard InChI is InChI=1S/C23H22FN5O3S/c24-18-4-2-1-3-17(18)19-14-25-20(32-19)5-6-21(30)28-9-7-27(8-10-28)15-16-13-22(31)29-11-12-33-23(29)26-16/h1-4,11-14H,5-10,15H2. The van der Waals surface area contributed by atoms with E-state index in [1.165, 1.54) is 28.0 Å². The molecule has 1 amide bonds. The number of aromatic nitrogens is 3. The number of hydrogen-bond acceptors (Lipinski definition) is 7. The van der Waals surface area contributed by atoms with Gasteiger partial charge in [-0.3, -0.25) is 18.9 Å². The predicted octanol–water partition coefficient (Wildman–Crippen LogP) is 2.83. The van der Waals surface area contributed by atoms with E-state index >= 15 is 0 Å². The number of piperazine rings is 1. The van der Waals surface area contributed by atoms with Gasteiger partial charge in [0.2, 0.25) is 5.91 Å². The zero-order valence-electron chi connectivity index (χ0n) is 17.8. The summed E-state index contributed by atoms with van der Waals surface area (Å²) in [5.41, 5.74) is 1.03. The summed E-state index contributed by atoms with van der Waals surface area (Å²) in [5, 5.41) is 1.84. The Bertz CT molecular complexity index is 1340. The molecule has 1 saturated heterocycles. The van der Waals surface area contributed by atoms with Gasteiger partial charge in [-0.15, -0.1) is 11.3 Å². The third kappa shape index (κ3) is 4.71. The van der Waals surface area contributed by atoms with Crippen molar-refractivity contribution in [2.24, 2.45) is 0 Å². The molecule has 0 radical (unpaired) electrons. The first-order valence-corrected chi connectivity index (χ1v) is 11.6. The molecule has 0 spiro atoms. The number of carbonyl (C=O) groups excluding carboxylic acids is 1. The van der Waals surface area contributed by atoms with E-state index in [1.54, 1.807) is 30.5 Å². The first-order chi connectivity index (χ1) is 16.1. The van der Waals surface area contributed by atoms with E-state index in [2.05, 4.69) is 14.9 Å². The topological polar surface area (TPSA) is 84.0 Å². The Morgan fingerprint density at radius 1 is 1.18 bits per heavy atom. The SMILES string of the molecule is O=C(CCc1ncc(-c2ccccc2F)o1)N1CCN(Cc2cc(=O)n3ccsc3n2)CC1. The highest BCUT2D eigenvalue weighted by atomic mass is 32.1. The average molecular weight is 468 g/mol. The fraction of sp³-hybridized carbons (Fsp3) is 0.304. The zero-order valence-corrected chi connectivity index (χ0v) is 18.6. The Kier molecular flexibility index (Phi) is 6.01. The van der Waals surface area contributed by atoms with Crippen molar-refractivity contribution in [3.05, 3.63) is 75.9 Å². The summed E-state index contributed by atoms with van der Waals surface area (Å²) in [5.74, 6) is 0.446. The van der Waals surface area contributed by atoms with Crippen LogP contribution in [0.1, 0.15) is 18.0 Å². The predicted molar refractivity (Wildman–Crippen MR) is 121 cm³/mol. The van der Waals surface area contributed by atoms with Crippen molar-refractivity contribution in [3.8, 4) is 11.3 Å². The minimum Gasteiger partial charge on any atom is -0.441 e. The summed E-state index contributed by atoms with van der Waals surface area (Å²) in [7, 11) is 0. The number of carbonyl (C=O) groups is 1. The second-order valence-corrected chi connectivity index (χ2v) is 8.77. The number of oxazole rings is 1. The highest BCUT2D eigenvalue weighted by molar-refractivity contribution is 7.15. The lowest BCUT2D eigenvalue weighted by atomic mass is 10.2. The molecule has 0 N–H and O–H groups in total. The van der Waals surface area contributed by atoms with Gasteiger partial charge in [-0.05, 0) is 12.1 Å². The number of benzene rings is 1. The largest absolute Gasteiger partial charge is 0.441 e. The summed E-state index contributed by atoms with van der Waals surface area (Å²) >= 11 is 1.44. The van der Waals surface area contributed by atoms with E-state index in [9.17, 15) is 14.0 Å². The fourth-order valence-electron chi connectivity index (χ4n) is 3.94. The van der Waals surface area contributed by atoms with Crippen molar-refractivity contribution >= 4 is 22.2 Å². The zero-order chi connectivity index (χ0) is 22.8. The van der Waals surface area contributed by atoms with Crippen LogP contribution in [0.5, 0.6) is 0 Å². The summed E-state index contributed by atoms with van der Waals surface area (Å²) < 4.78 is 21.1. The Labute approximate surface area is 192 Å². The molecule has 0 bridgehead atoms. The van der Waals surface area contributed by atoms with E-state index in [0.717, 1.165) is 5.69 Å². The molecule has 4 heterocycles. The molecule has 0 unspecified atom stereocenters. The molecule has 1 aliphatic heterocycles. The van der Waals surface area contributed by atoms with Crippen LogP contribution in [-0.2, 0) is 17.8 Å². The monoisotopic (exact) mass is 467 g/mol. The van der Waals surface area contributed by atoms with Crippen LogP contribution in [-0.4, -0.2) is 56.3 Å². The lowest BCUT2D eigenvalue weighted by molar-refractivity contribution is -0.133. The second kappa shape index (κ2) is 9.24. The molecule has 33 heavy (non-hydrogen) atoms. The van der Waals surface area contributed by atoms with Crippen LogP contribution in [0, 0.1) is 5.82 Å². The summed E-state index contributed by atoms with van der Waals surface area (Å²) in [6.45, 7) is 3.25. The molecule has 3 aromatic heterocycles. The van der Waals surface area contributed by atoms with Crippen molar-refractivity contribution < 1.29 is 13.6 Å². The van der Waals surface area contributed by atoms with Gasteiger partial charge < -0.3 is 9.32 Å². The average Bonchev–Trinajstić information content (AvgIpc) is 3.48. The highest BCUT2D eigenvalue weighted by Crippen LogP contribution is 2.23. The molecule has 170 valence electrons. The lowest BCUT2D eigenvalue weighted by Crippen LogP contribution is -2.48. The number of halogens is 1. The quantitative estimate of drug-likeness (QED) is 0.434. The normalized spacial score (nSPS) is 14.8. The number of fused-ring (bicyclic) bond motifs is 1. The van der Waals surface area contributed by atoms with Crippen LogP contribution in [0.3, 0.4) is 0 Å². The van der Waals surface area contributed by atoms with Crippen LogP contribution >= 0.6 is 11.3 Å². The lowest BCUT2D eigenvalue weighted by Gasteiger charge is -2.34. The van der Waals surface area contributed by atoms with Crippen LogP contribution < -0.4 is 5.56 Å². The van der Waals surface area contributed by atoms with Gasteiger partial charge in [0.1, 0.15) is 5.82 Å². The molecule has 8 nitrogen and oxygen atoms in total. The smallest absolute Gasteiger partial charge is 0.258 e. The Morgan fingerprint density at radius 3 is 2.82 bits per heavy atom. The van der Waals surface area contributed by atoms with Gasteiger partial charge in [-0.25, -0.2) is 14.4 Å². The van der Waals surface area contributed by atoms with E-state index in [4.69, 9.17) is 4.42 Å². The fourth-order valence-corrected chi connectivity index (χ4v) is 4.68. The minimum atomic E-state index is -0.370. The number of rotatable bonds is 6. The van der Waals surface area contributed by atoms with Crippen molar-refractivity contribution in [3.63, 3.8) is 0 Å². The molecule has 0 atom stereocenters. The molecule has 4 aromatic rings. The van der Waals surface area contributed by atoms with E-state index in [0.29, 0.717) is 61.3 Å². The van der Waals surface area contributed by atoms with Gasteiger partial charge in [0, 0.05) is 63.2 Å². The van der Waals surface area contributed by atoms with Crippen LogP contribution in [0.4, 0.5) is 4.39 Å². The molecular formula is C23H22FN5O3S. The second-order valence-electron chi connectivity index (χ2n) is 7.90. The van der Waals surface area contributed by atoms with Crippen LogP contribution in [0.15, 0.2) is 57.3 Å². The third-order valence-electron chi connectivity index (χ3n) is 5.71. The Morgan fingerprint density at radius 2 is 2.00 bits per heavy atom. The highest BCUT2D eigenvalue weighted by Gasteiger charge is 2.22. The van der Waals surface area contributed by atoms with Gasteiger partial charge in [-0.2, -0.15) is 0 Å². The molecule has 0 saturated carbocycles. The molecule has 1 fully saturated rings. The van der Waals surface area contributed by atoms with Gasteiger partial charge >= 0.3 is 0 Å². The minimum absolute atomic E-state index is 0.0386. The number of thiazole rings is 1. The molecule has 1 aliphatic rings. The molecule has 5 rings (SSSR count). The number of hydrogen-bond donors (Lipinski definition) is 0. The summed E-state index contributed by atoms with van der Waals surface area (Å²) in [6, 6.07) is 7.93. The Balaban J connectivity index is 1.12. The maximum absolute atomic E-state index is 13.9. The van der Waals surface area contributed by atoms with E-state index in [1.807, 2.05) is 10.3 Å². The van der Waals surface area contributed by atoms with Crippen molar-refractivity contribution in [2.75, 3.05) is 26.2 Å². The molecule has 1 aromatic carbocycles. The van der Waals surface area contributed by atoms with Crippen molar-refractivity contribution in [2.45, 2.75) is 19.4 Å². The van der Waals surface area contributed by atoms with Gasteiger partial charge in [-0.1, -0.05) is 12.1 Å². The van der Waals surface area contributed by atoms with E-state index in [-0.39, 0.29) is 23.7 Å². The first kappa shape index (κ1) is 21.5. The summed E-state index contributed by atoms with van der Waals surface area (Å²) in [4.78, 5) is 38.3. The van der Waals surface area contributed by atoms with Gasteiger partial charge in [0.05, 0.1) is 17.5 Å². The van der Waals surface area contributed by atoms with Crippen LogP contribution in [0.25, 0.3) is 16.3 Å². The Hall–Kier alpha value is -3.37. The third-order valence-corrected chi connectivity index (χ3v) is 6.47. The first-order valence-electron chi connectivity index (χ1n) is 10.7. The van der Waals surface area contributed by atoms with Crippen LogP contribution in [0.2, 0.25) is 0 Å². The van der Waals surface area contributed by atoms with Crippen molar-refractivity contribution in [1.29, 1.82) is 0 Å². The number of amides is 1. The molecule has 0 aliphatic carbocycles. The maximum Gasteiger partial charge on any atom is 0.258 e. The molecular weight excluding hydrogens is 445 g/mol. The maximum atomic E-state index is 13.9. The summed E-state index contributed by atoms with van der Waals surface area (Å²) in [6.07, 6.45) is 3.86. The number of aryl methyl sites for hydroxylation is 1. The molecule has 10 heteroatoms. The van der Waals surface area contributed by atoms with Gasteiger partial charge in [0.25, 0.3) is 5.56 Å². The van der Waals surface area contributed by atoms with Crippen molar-refractivity contribution in [1.82, 2.24) is 24.2 Å².